The van der Waals surface area contributed by atoms with E-state index in [1.807, 2.05) is 24.3 Å². The highest BCUT2D eigenvalue weighted by Crippen LogP contribution is 2.29. The summed E-state index contributed by atoms with van der Waals surface area (Å²) in [5.41, 5.74) is 0.517. The summed E-state index contributed by atoms with van der Waals surface area (Å²) in [6, 6.07) is 16.7. The van der Waals surface area contributed by atoms with Gasteiger partial charge in [-0.3, -0.25) is 4.31 Å². The molecule has 6 nitrogen and oxygen atoms in total. The molecule has 0 spiro atoms. The second-order valence-electron chi connectivity index (χ2n) is 5.99. The fourth-order valence-corrected chi connectivity index (χ4v) is 4.05. The molecule has 0 unspecified atom stereocenters. The lowest BCUT2D eigenvalue weighted by Crippen LogP contribution is -2.30. The summed E-state index contributed by atoms with van der Waals surface area (Å²) >= 11 is 1.75. The Balaban J connectivity index is 1.75. The van der Waals surface area contributed by atoms with E-state index in [1.54, 1.807) is 48.2 Å². The van der Waals surface area contributed by atoms with Gasteiger partial charge in [0.2, 0.25) is 15.4 Å². The zero-order valence-electron chi connectivity index (χ0n) is 16.2. The van der Waals surface area contributed by atoms with E-state index in [9.17, 15) is 8.42 Å². The Kier molecular flexibility index (Phi) is 9.44. The minimum atomic E-state index is -3.52. The zero-order valence-corrected chi connectivity index (χ0v) is 17.8. The van der Waals surface area contributed by atoms with E-state index < -0.39 is 10.0 Å². The SMILES string of the molecule is CS(=O)(=O)N(C/C=C/COC/C=C/CSc1ccccc1)c1ccccc1[N+]#N. The molecule has 2 aromatic rings. The van der Waals surface area contributed by atoms with Crippen LogP contribution in [0.1, 0.15) is 0 Å². The molecule has 0 amide bonds. The molecule has 0 radical (unpaired) electrons. The summed E-state index contributed by atoms with van der Waals surface area (Å²) in [5.74, 6) is 0.877. The van der Waals surface area contributed by atoms with Crippen LogP contribution in [0.25, 0.3) is 4.98 Å². The van der Waals surface area contributed by atoms with Crippen LogP contribution in [0.4, 0.5) is 11.4 Å². The topological polar surface area (TPSA) is 74.8 Å². The lowest BCUT2D eigenvalue weighted by molar-refractivity contribution is 0.194. The van der Waals surface area contributed by atoms with Crippen LogP contribution in [-0.4, -0.2) is 40.2 Å². The molecular formula is C21H24N3O3S2+. The maximum absolute atomic E-state index is 12.1. The molecule has 0 aliphatic heterocycles. The number of sulfonamides is 1. The molecular weight excluding hydrogens is 406 g/mol. The molecule has 0 aliphatic carbocycles. The first kappa shape index (κ1) is 22.7. The fraction of sp³-hybridized carbons (Fsp3) is 0.238. The molecule has 0 fully saturated rings. The number of nitrogens with zero attached hydrogens (tertiary/aromatic N) is 3. The molecule has 0 saturated carbocycles. The lowest BCUT2D eigenvalue weighted by Gasteiger charge is -2.18. The van der Waals surface area contributed by atoms with Crippen LogP contribution in [0.5, 0.6) is 0 Å². The second kappa shape index (κ2) is 12.1. The van der Waals surface area contributed by atoms with Crippen LogP contribution in [0, 0.1) is 5.39 Å². The summed E-state index contributed by atoms with van der Waals surface area (Å²) < 4.78 is 30.9. The van der Waals surface area contributed by atoms with Gasteiger partial charge in [0.25, 0.3) is 0 Å². The third-order valence-corrected chi connectivity index (χ3v) is 5.89. The summed E-state index contributed by atoms with van der Waals surface area (Å²) in [5, 5.41) is 9.09. The average Bonchev–Trinajstić information content (AvgIpc) is 2.72. The highest BCUT2D eigenvalue weighted by Gasteiger charge is 2.24. The van der Waals surface area contributed by atoms with Crippen molar-refractivity contribution in [3.8, 4) is 0 Å². The van der Waals surface area contributed by atoms with Crippen molar-refractivity contribution in [3.05, 3.63) is 83.9 Å². The van der Waals surface area contributed by atoms with Crippen molar-refractivity contribution in [2.45, 2.75) is 4.90 Å². The van der Waals surface area contributed by atoms with Gasteiger partial charge in [0, 0.05) is 16.7 Å². The zero-order chi connectivity index (χ0) is 21.0. The molecule has 0 N–H and O–H groups in total. The van der Waals surface area contributed by atoms with Gasteiger partial charge in [0.15, 0.2) is 4.98 Å². The summed E-state index contributed by atoms with van der Waals surface area (Å²) in [7, 11) is -3.52. The number of thioether (sulfide) groups is 1. The Bertz CT molecular complexity index is 968. The van der Waals surface area contributed by atoms with Gasteiger partial charge in [-0.25, -0.2) is 8.42 Å². The van der Waals surface area contributed by atoms with E-state index in [0.717, 1.165) is 12.0 Å². The minimum absolute atomic E-state index is 0.123. The average molecular weight is 431 g/mol. The second-order valence-corrected chi connectivity index (χ2v) is 8.99. The predicted octanol–water partition coefficient (Wildman–Crippen LogP) is 4.86. The molecule has 0 aliphatic rings. The third-order valence-electron chi connectivity index (χ3n) is 3.78. The first-order valence-corrected chi connectivity index (χ1v) is 11.8. The molecule has 2 aromatic carbocycles. The number of anilines is 1. The van der Waals surface area contributed by atoms with Crippen LogP contribution in [0.15, 0.2) is 83.8 Å². The normalized spacial score (nSPS) is 11.7. The smallest absolute Gasteiger partial charge is 0.373 e. The number of para-hydroxylation sites is 1. The van der Waals surface area contributed by atoms with Gasteiger partial charge < -0.3 is 4.74 Å². The Morgan fingerprint density at radius 1 is 1.00 bits per heavy atom. The van der Waals surface area contributed by atoms with E-state index in [0.29, 0.717) is 18.9 Å². The van der Waals surface area contributed by atoms with Gasteiger partial charge in [-0.15, -0.1) is 11.8 Å². The van der Waals surface area contributed by atoms with E-state index in [-0.39, 0.29) is 12.2 Å². The number of hydrogen-bond donors (Lipinski definition) is 0. The Morgan fingerprint density at radius 2 is 1.66 bits per heavy atom. The van der Waals surface area contributed by atoms with Crippen LogP contribution in [0.2, 0.25) is 0 Å². The maximum atomic E-state index is 12.1. The van der Waals surface area contributed by atoms with Crippen molar-refractivity contribution in [1.29, 1.82) is 5.39 Å². The number of diazo groups is 1. The van der Waals surface area contributed by atoms with Crippen molar-refractivity contribution < 1.29 is 13.2 Å². The van der Waals surface area contributed by atoms with Crippen LogP contribution in [0.3, 0.4) is 0 Å². The minimum Gasteiger partial charge on any atom is -0.373 e. The number of rotatable bonds is 11. The van der Waals surface area contributed by atoms with Gasteiger partial charge in [0.05, 0.1) is 26.0 Å². The van der Waals surface area contributed by atoms with Crippen LogP contribution < -0.4 is 4.31 Å². The van der Waals surface area contributed by atoms with Crippen molar-refractivity contribution in [1.82, 2.24) is 0 Å². The Morgan fingerprint density at radius 3 is 2.34 bits per heavy atom. The van der Waals surface area contributed by atoms with E-state index >= 15 is 0 Å². The molecule has 29 heavy (non-hydrogen) atoms. The number of benzene rings is 2. The predicted molar refractivity (Wildman–Crippen MR) is 120 cm³/mol. The monoisotopic (exact) mass is 430 g/mol. The summed E-state index contributed by atoms with van der Waals surface area (Å²) in [6.45, 7) is 0.986. The highest BCUT2D eigenvalue weighted by atomic mass is 32.2. The third kappa shape index (κ3) is 8.11. The first-order valence-electron chi connectivity index (χ1n) is 9.00. The van der Waals surface area contributed by atoms with Crippen LogP contribution in [-0.2, 0) is 14.8 Å². The molecule has 0 heterocycles. The van der Waals surface area contributed by atoms with Crippen molar-refractivity contribution >= 4 is 33.2 Å². The molecule has 8 heteroatoms. The maximum Gasteiger partial charge on any atom is 0.409 e. The van der Waals surface area contributed by atoms with Crippen molar-refractivity contribution in [2.24, 2.45) is 0 Å². The van der Waals surface area contributed by atoms with Gasteiger partial charge in [0.1, 0.15) is 5.69 Å². The van der Waals surface area contributed by atoms with Gasteiger partial charge >= 0.3 is 5.69 Å². The molecule has 0 bridgehead atoms. The van der Waals surface area contributed by atoms with Gasteiger partial charge in [-0.1, -0.05) is 54.6 Å². The summed E-state index contributed by atoms with van der Waals surface area (Å²) in [6.07, 6.45) is 8.62. The number of ether oxygens (including phenoxy) is 1. The quantitative estimate of drug-likeness (QED) is 0.220. The number of hydrogen-bond acceptors (Lipinski definition) is 5. The van der Waals surface area contributed by atoms with Gasteiger partial charge in [-0.05, 0) is 18.2 Å². The molecule has 152 valence electrons. The first-order chi connectivity index (χ1) is 14.0. The van der Waals surface area contributed by atoms with E-state index in [4.69, 9.17) is 10.1 Å². The molecule has 0 aromatic heterocycles. The molecule has 2 rings (SSSR count). The standard InChI is InChI=1S/C21H24N3O3S2/c1-29(25,26)24(21-14-6-5-13-20(21)23-22)15-7-8-16-27-17-9-10-18-28-19-11-3-2-4-12-19/h2-14H,15-18H2,1H3/q+1/b8-7+,10-9+. The molecule has 0 saturated heterocycles. The Hall–Kier alpha value is -2.60. The van der Waals surface area contributed by atoms with Crippen molar-refractivity contribution in [3.63, 3.8) is 0 Å². The van der Waals surface area contributed by atoms with Crippen molar-refractivity contribution in [2.75, 3.05) is 36.1 Å². The van der Waals surface area contributed by atoms with Crippen LogP contribution >= 0.6 is 11.8 Å². The highest BCUT2D eigenvalue weighted by molar-refractivity contribution is 7.99. The fourth-order valence-electron chi connectivity index (χ4n) is 2.41. The Labute approximate surface area is 176 Å². The van der Waals surface area contributed by atoms with Gasteiger partial charge in [-0.2, -0.15) is 0 Å². The van der Waals surface area contributed by atoms with E-state index in [1.165, 1.54) is 9.20 Å². The largest absolute Gasteiger partial charge is 0.409 e. The molecule has 0 atom stereocenters. The lowest BCUT2D eigenvalue weighted by atomic mass is 10.2. The van der Waals surface area contributed by atoms with E-state index in [2.05, 4.69) is 23.2 Å². The summed E-state index contributed by atoms with van der Waals surface area (Å²) in [4.78, 5) is 4.38.